The minimum atomic E-state index is -0.162. The molecular weight excluding hydrogens is 373 g/mol. The predicted octanol–water partition coefficient (Wildman–Crippen LogP) is 4.73. The lowest BCUT2D eigenvalue weighted by molar-refractivity contribution is -0.116. The van der Waals surface area contributed by atoms with Gasteiger partial charge in [-0.25, -0.2) is 9.97 Å². The topological polar surface area (TPSA) is 75.1 Å². The molecule has 0 fully saturated rings. The fraction of sp³-hybridized carbons (Fsp3) is 0.105. The molecule has 0 radical (unpaired) electrons. The Bertz CT molecular complexity index is 930. The van der Waals surface area contributed by atoms with E-state index in [1.54, 1.807) is 36.4 Å². The number of phenolic OH excluding ortho intramolecular Hbond substituents is 1. The van der Waals surface area contributed by atoms with Crippen LogP contribution in [0.4, 0.5) is 5.69 Å². The Labute approximate surface area is 160 Å². The number of anilines is 1. The van der Waals surface area contributed by atoms with Gasteiger partial charge in [-0.1, -0.05) is 41.4 Å². The first-order valence-corrected chi connectivity index (χ1v) is 8.62. The largest absolute Gasteiger partial charge is 0.508 e. The van der Waals surface area contributed by atoms with E-state index >= 15 is 0 Å². The van der Waals surface area contributed by atoms with Crippen LogP contribution in [-0.4, -0.2) is 21.0 Å². The minimum absolute atomic E-state index is 0.143. The van der Waals surface area contributed by atoms with Crippen molar-refractivity contribution in [2.45, 2.75) is 12.8 Å². The Morgan fingerprint density at radius 2 is 1.85 bits per heavy atom. The molecule has 0 aliphatic carbocycles. The first-order valence-electron chi connectivity index (χ1n) is 7.86. The molecule has 0 unspecified atom stereocenters. The number of carbonyl (C=O) groups excluding carboxylic acids is 1. The summed E-state index contributed by atoms with van der Waals surface area (Å²) >= 11 is 12.0. The molecule has 26 heavy (non-hydrogen) atoms. The summed E-state index contributed by atoms with van der Waals surface area (Å²) in [5, 5.41) is 13.4. The number of hydrogen-bond donors (Lipinski definition) is 2. The van der Waals surface area contributed by atoms with Gasteiger partial charge in [-0.15, -0.1) is 0 Å². The number of nitrogens with zero attached hydrogens (tertiary/aromatic N) is 2. The van der Waals surface area contributed by atoms with E-state index < -0.39 is 0 Å². The Balaban J connectivity index is 1.59. The van der Waals surface area contributed by atoms with Crippen LogP contribution in [0.25, 0.3) is 11.4 Å². The summed E-state index contributed by atoms with van der Waals surface area (Å²) in [6.07, 6.45) is 3.83. The van der Waals surface area contributed by atoms with Gasteiger partial charge in [0.2, 0.25) is 5.91 Å². The summed E-state index contributed by atoms with van der Waals surface area (Å²) in [4.78, 5) is 20.5. The number of halogens is 2. The van der Waals surface area contributed by atoms with E-state index in [0.29, 0.717) is 33.5 Å². The van der Waals surface area contributed by atoms with Gasteiger partial charge in [0.25, 0.3) is 0 Å². The first-order chi connectivity index (χ1) is 12.5. The number of aromatic nitrogens is 2. The average Bonchev–Trinajstić information content (AvgIpc) is 2.61. The van der Waals surface area contributed by atoms with E-state index in [9.17, 15) is 9.90 Å². The number of amides is 1. The monoisotopic (exact) mass is 387 g/mol. The van der Waals surface area contributed by atoms with E-state index in [0.717, 1.165) is 5.56 Å². The highest BCUT2D eigenvalue weighted by Gasteiger charge is 2.08. The van der Waals surface area contributed by atoms with Gasteiger partial charge in [0, 0.05) is 22.0 Å². The van der Waals surface area contributed by atoms with Gasteiger partial charge in [0.05, 0.1) is 18.1 Å². The van der Waals surface area contributed by atoms with Crippen LogP contribution in [-0.2, 0) is 11.2 Å². The maximum absolute atomic E-state index is 12.1. The second kappa shape index (κ2) is 8.17. The smallest absolute Gasteiger partial charge is 0.224 e. The molecule has 0 aliphatic rings. The summed E-state index contributed by atoms with van der Waals surface area (Å²) < 4.78 is 0. The lowest BCUT2D eigenvalue weighted by atomic mass is 10.1. The molecular formula is C19H15Cl2N3O2. The van der Waals surface area contributed by atoms with Crippen LogP contribution >= 0.6 is 23.2 Å². The van der Waals surface area contributed by atoms with Gasteiger partial charge in [-0.2, -0.15) is 0 Å². The molecule has 1 heterocycles. The third-order valence-corrected chi connectivity index (χ3v) is 4.26. The van der Waals surface area contributed by atoms with Crippen LogP contribution in [0.15, 0.2) is 54.9 Å². The summed E-state index contributed by atoms with van der Waals surface area (Å²) in [7, 11) is 0. The van der Waals surface area contributed by atoms with Gasteiger partial charge < -0.3 is 10.4 Å². The number of benzene rings is 2. The molecule has 3 aromatic rings. The number of carbonyl (C=O) groups is 1. The van der Waals surface area contributed by atoms with Crippen LogP contribution in [0.3, 0.4) is 0 Å². The van der Waals surface area contributed by atoms with E-state index in [2.05, 4.69) is 15.3 Å². The van der Waals surface area contributed by atoms with Gasteiger partial charge in [0.15, 0.2) is 5.82 Å². The zero-order chi connectivity index (χ0) is 18.5. The van der Waals surface area contributed by atoms with Crippen molar-refractivity contribution < 1.29 is 9.90 Å². The molecule has 5 nitrogen and oxygen atoms in total. The number of aryl methyl sites for hydroxylation is 1. The van der Waals surface area contributed by atoms with Gasteiger partial charge in [-0.05, 0) is 36.2 Å². The van der Waals surface area contributed by atoms with Crippen LogP contribution in [0.1, 0.15) is 12.0 Å². The molecule has 1 amide bonds. The third kappa shape index (κ3) is 4.71. The van der Waals surface area contributed by atoms with Crippen molar-refractivity contribution >= 4 is 34.8 Å². The molecule has 132 valence electrons. The maximum atomic E-state index is 12.1. The third-order valence-electron chi connectivity index (χ3n) is 3.68. The number of rotatable bonds is 5. The van der Waals surface area contributed by atoms with Crippen molar-refractivity contribution in [3.8, 4) is 17.1 Å². The normalized spacial score (nSPS) is 10.5. The van der Waals surface area contributed by atoms with Crippen molar-refractivity contribution in [1.82, 2.24) is 9.97 Å². The highest BCUT2D eigenvalue weighted by molar-refractivity contribution is 6.35. The zero-order valence-electron chi connectivity index (χ0n) is 13.6. The van der Waals surface area contributed by atoms with E-state index in [-0.39, 0.29) is 18.1 Å². The number of phenols is 1. The highest BCUT2D eigenvalue weighted by Crippen LogP contribution is 2.23. The van der Waals surface area contributed by atoms with Crippen molar-refractivity contribution in [2.75, 3.05) is 5.32 Å². The Morgan fingerprint density at radius 1 is 1.08 bits per heavy atom. The molecule has 0 atom stereocenters. The second-order valence-electron chi connectivity index (χ2n) is 5.63. The molecule has 2 N–H and O–H groups in total. The van der Waals surface area contributed by atoms with E-state index in [1.807, 2.05) is 6.07 Å². The fourth-order valence-corrected chi connectivity index (χ4v) is 2.89. The zero-order valence-corrected chi connectivity index (χ0v) is 15.1. The van der Waals surface area contributed by atoms with Crippen molar-refractivity contribution in [3.63, 3.8) is 0 Å². The molecule has 0 saturated heterocycles. The predicted molar refractivity (Wildman–Crippen MR) is 103 cm³/mol. The molecule has 0 spiro atoms. The van der Waals surface area contributed by atoms with E-state index in [1.165, 1.54) is 12.4 Å². The van der Waals surface area contributed by atoms with Gasteiger partial charge in [0.1, 0.15) is 5.75 Å². The van der Waals surface area contributed by atoms with Crippen LogP contribution in [0, 0.1) is 0 Å². The quantitative estimate of drug-likeness (QED) is 0.663. The molecule has 0 bridgehead atoms. The first kappa shape index (κ1) is 18.2. The van der Waals surface area contributed by atoms with Crippen LogP contribution in [0.2, 0.25) is 10.0 Å². The Hall–Kier alpha value is -2.63. The Kier molecular flexibility index (Phi) is 5.71. The number of hydrogen-bond acceptors (Lipinski definition) is 4. The van der Waals surface area contributed by atoms with Crippen LogP contribution in [0.5, 0.6) is 5.75 Å². The number of aromatic hydroxyl groups is 1. The average molecular weight is 388 g/mol. The summed E-state index contributed by atoms with van der Waals surface area (Å²) in [6.45, 7) is 0. The van der Waals surface area contributed by atoms with E-state index in [4.69, 9.17) is 23.2 Å². The SMILES string of the molecule is O=C(CCc1ccc(Cl)cc1Cl)Nc1cnc(-c2cccc(O)c2)nc1. The lowest BCUT2D eigenvalue weighted by Crippen LogP contribution is -2.13. The second-order valence-corrected chi connectivity index (χ2v) is 6.47. The standard InChI is InChI=1S/C19H15Cl2N3O2/c20-14-6-4-12(17(21)9-14)5-7-18(26)24-15-10-22-19(23-11-15)13-2-1-3-16(25)8-13/h1-4,6,8-11,25H,5,7H2,(H,24,26). The number of nitrogens with one attached hydrogen (secondary N) is 1. The van der Waals surface area contributed by atoms with Crippen molar-refractivity contribution in [2.24, 2.45) is 0 Å². The van der Waals surface area contributed by atoms with Gasteiger partial charge >= 0.3 is 0 Å². The molecule has 7 heteroatoms. The Morgan fingerprint density at radius 3 is 2.54 bits per heavy atom. The fourth-order valence-electron chi connectivity index (χ4n) is 2.38. The minimum Gasteiger partial charge on any atom is -0.508 e. The van der Waals surface area contributed by atoms with Crippen molar-refractivity contribution in [3.05, 3.63) is 70.5 Å². The summed E-state index contributed by atoms with van der Waals surface area (Å²) in [6, 6.07) is 11.9. The summed E-state index contributed by atoms with van der Waals surface area (Å²) in [5.41, 5.74) is 2.06. The molecule has 0 aliphatic heterocycles. The molecule has 1 aromatic heterocycles. The molecule has 0 saturated carbocycles. The summed E-state index contributed by atoms with van der Waals surface area (Å²) in [5.74, 6) is 0.445. The highest BCUT2D eigenvalue weighted by atomic mass is 35.5. The molecule has 3 rings (SSSR count). The molecule has 2 aromatic carbocycles. The van der Waals surface area contributed by atoms with Gasteiger partial charge in [-0.3, -0.25) is 4.79 Å². The maximum Gasteiger partial charge on any atom is 0.224 e. The van der Waals surface area contributed by atoms with Crippen LogP contribution < -0.4 is 5.32 Å². The lowest BCUT2D eigenvalue weighted by Gasteiger charge is -2.07. The van der Waals surface area contributed by atoms with Crippen molar-refractivity contribution in [1.29, 1.82) is 0 Å².